The summed E-state index contributed by atoms with van der Waals surface area (Å²) in [5.74, 6) is 0. The zero-order chi connectivity index (χ0) is 23.9. The predicted molar refractivity (Wildman–Crippen MR) is 135 cm³/mol. The SMILES string of the molecule is CCCCCCCCCCCCCCCCOS(=O)(=O)[O-].CC[NH+](CC)C1CCCCC1. The minimum atomic E-state index is -4.49. The monoisotopic (exact) mass is 477 g/mol. The maximum absolute atomic E-state index is 10.2. The molecule has 0 spiro atoms. The van der Waals surface area contributed by atoms with Gasteiger partial charge in [-0.15, -0.1) is 0 Å². The Morgan fingerprint density at radius 2 is 1.09 bits per heavy atom. The molecule has 0 aliphatic heterocycles. The van der Waals surface area contributed by atoms with Crippen LogP contribution in [0.1, 0.15) is 143 Å². The maximum Gasteiger partial charge on any atom is 0.217 e. The minimum absolute atomic E-state index is 0.0316. The molecule has 32 heavy (non-hydrogen) atoms. The second kappa shape index (κ2) is 22.6. The van der Waals surface area contributed by atoms with Crippen molar-refractivity contribution in [1.29, 1.82) is 0 Å². The lowest BCUT2D eigenvalue weighted by molar-refractivity contribution is -0.923. The summed E-state index contributed by atoms with van der Waals surface area (Å²) in [6, 6.07) is 0.999. The summed E-state index contributed by atoms with van der Waals surface area (Å²) in [5, 5.41) is 0. The summed E-state index contributed by atoms with van der Waals surface area (Å²) < 4.78 is 34.7. The second-order valence-corrected chi connectivity index (χ2v) is 10.6. The summed E-state index contributed by atoms with van der Waals surface area (Å²) in [5.41, 5.74) is 0. The van der Waals surface area contributed by atoms with Crippen molar-refractivity contribution in [3.63, 3.8) is 0 Å². The maximum atomic E-state index is 10.2. The molecular formula is C26H55NO4S. The Bertz CT molecular complexity index is 474. The molecular weight excluding hydrogens is 422 g/mol. The Morgan fingerprint density at radius 3 is 1.47 bits per heavy atom. The van der Waals surface area contributed by atoms with Gasteiger partial charge in [0.2, 0.25) is 10.4 Å². The van der Waals surface area contributed by atoms with Gasteiger partial charge in [-0.3, -0.25) is 4.18 Å². The first-order chi connectivity index (χ1) is 15.4. The second-order valence-electron chi connectivity index (χ2n) is 9.53. The first kappa shape index (κ1) is 31.8. The molecule has 0 aromatic rings. The van der Waals surface area contributed by atoms with E-state index in [2.05, 4.69) is 25.0 Å². The lowest BCUT2D eigenvalue weighted by Crippen LogP contribution is -3.15. The van der Waals surface area contributed by atoms with Gasteiger partial charge in [-0.05, 0) is 46.0 Å². The van der Waals surface area contributed by atoms with Crippen LogP contribution in [0.25, 0.3) is 0 Å². The van der Waals surface area contributed by atoms with Gasteiger partial charge in [0.15, 0.2) is 0 Å². The van der Waals surface area contributed by atoms with Crippen molar-refractivity contribution in [1.82, 2.24) is 0 Å². The van der Waals surface area contributed by atoms with Crippen LogP contribution in [-0.4, -0.2) is 38.7 Å². The zero-order valence-electron chi connectivity index (χ0n) is 21.7. The van der Waals surface area contributed by atoms with Crippen molar-refractivity contribution < 1.29 is 22.1 Å². The van der Waals surface area contributed by atoms with Crippen LogP contribution < -0.4 is 4.90 Å². The first-order valence-corrected chi connectivity index (χ1v) is 15.2. The molecule has 0 aromatic carbocycles. The van der Waals surface area contributed by atoms with E-state index in [0.717, 1.165) is 18.9 Å². The van der Waals surface area contributed by atoms with Gasteiger partial charge >= 0.3 is 0 Å². The molecule has 1 aliphatic rings. The number of unbranched alkanes of at least 4 members (excludes halogenated alkanes) is 13. The predicted octanol–water partition coefficient (Wildman–Crippen LogP) is 6.19. The van der Waals surface area contributed by atoms with E-state index in [0.29, 0.717) is 6.42 Å². The molecule has 0 heterocycles. The lowest BCUT2D eigenvalue weighted by Gasteiger charge is -2.29. The van der Waals surface area contributed by atoms with E-state index in [1.54, 1.807) is 0 Å². The van der Waals surface area contributed by atoms with Gasteiger partial charge in [0, 0.05) is 0 Å². The summed E-state index contributed by atoms with van der Waals surface area (Å²) in [6.07, 6.45) is 24.8. The highest BCUT2D eigenvalue weighted by atomic mass is 32.3. The fraction of sp³-hybridized carbons (Fsp3) is 1.00. The topological polar surface area (TPSA) is 70.9 Å². The molecule has 1 rings (SSSR count). The molecule has 5 nitrogen and oxygen atoms in total. The summed E-state index contributed by atoms with van der Waals surface area (Å²) in [4.78, 5) is 1.82. The number of quaternary nitrogens is 1. The molecule has 1 fully saturated rings. The number of hydrogen-bond acceptors (Lipinski definition) is 4. The number of rotatable bonds is 19. The third kappa shape index (κ3) is 21.7. The fourth-order valence-electron chi connectivity index (χ4n) is 4.80. The van der Waals surface area contributed by atoms with Gasteiger partial charge in [0.25, 0.3) is 0 Å². The van der Waals surface area contributed by atoms with Gasteiger partial charge in [-0.25, -0.2) is 8.42 Å². The van der Waals surface area contributed by atoms with Gasteiger partial charge in [-0.1, -0.05) is 96.8 Å². The van der Waals surface area contributed by atoms with E-state index in [-0.39, 0.29) is 6.61 Å². The molecule has 0 unspecified atom stereocenters. The smallest absolute Gasteiger partial charge is 0.217 e. The first-order valence-electron chi connectivity index (χ1n) is 13.9. The van der Waals surface area contributed by atoms with E-state index < -0.39 is 10.4 Å². The molecule has 1 aliphatic carbocycles. The number of nitrogens with one attached hydrogen (secondary N) is 1. The van der Waals surface area contributed by atoms with Crippen molar-refractivity contribution in [2.45, 2.75) is 149 Å². The standard InChI is InChI=1S/C16H34O4S.C10H21N/c1-2-3-4-5-6-7-8-9-10-11-12-13-14-15-16-20-21(17,18)19;1-3-11(4-2)10-8-6-5-7-9-10/h2-16H2,1H3,(H,17,18,19);10H,3-9H2,1-2H3. The third-order valence-electron chi connectivity index (χ3n) is 6.82. The summed E-state index contributed by atoms with van der Waals surface area (Å²) in [7, 11) is -4.49. The van der Waals surface area contributed by atoms with Crippen LogP contribution in [0.4, 0.5) is 0 Å². The molecule has 0 atom stereocenters. The average molecular weight is 478 g/mol. The van der Waals surface area contributed by atoms with Crippen LogP contribution in [0, 0.1) is 0 Å². The zero-order valence-corrected chi connectivity index (χ0v) is 22.5. The van der Waals surface area contributed by atoms with E-state index in [4.69, 9.17) is 0 Å². The molecule has 0 amide bonds. The Balaban J connectivity index is 0.000000726. The van der Waals surface area contributed by atoms with E-state index in [1.807, 2.05) is 4.90 Å². The largest absolute Gasteiger partial charge is 0.726 e. The van der Waals surface area contributed by atoms with Crippen molar-refractivity contribution in [2.24, 2.45) is 0 Å². The van der Waals surface area contributed by atoms with Gasteiger partial charge in [0.1, 0.15) is 0 Å². The normalized spacial score (nSPS) is 15.0. The Labute approximate surface area is 201 Å². The fourth-order valence-corrected chi connectivity index (χ4v) is 5.12. The van der Waals surface area contributed by atoms with Crippen LogP contribution in [-0.2, 0) is 14.6 Å². The average Bonchev–Trinajstić information content (AvgIpc) is 2.78. The van der Waals surface area contributed by atoms with E-state index in [9.17, 15) is 13.0 Å². The molecule has 194 valence electrons. The van der Waals surface area contributed by atoms with E-state index in [1.165, 1.54) is 116 Å². The minimum Gasteiger partial charge on any atom is -0.726 e. The van der Waals surface area contributed by atoms with Crippen molar-refractivity contribution in [3.05, 3.63) is 0 Å². The summed E-state index contributed by atoms with van der Waals surface area (Å²) >= 11 is 0. The van der Waals surface area contributed by atoms with Crippen molar-refractivity contribution >= 4 is 10.4 Å². The molecule has 0 aromatic heterocycles. The van der Waals surface area contributed by atoms with Crippen molar-refractivity contribution in [3.8, 4) is 0 Å². The van der Waals surface area contributed by atoms with Crippen LogP contribution in [0.5, 0.6) is 0 Å². The van der Waals surface area contributed by atoms with Crippen molar-refractivity contribution in [2.75, 3.05) is 19.7 Å². The highest BCUT2D eigenvalue weighted by molar-refractivity contribution is 7.80. The molecule has 0 bridgehead atoms. The van der Waals surface area contributed by atoms with Crippen LogP contribution in [0.15, 0.2) is 0 Å². The van der Waals surface area contributed by atoms with Crippen LogP contribution >= 0.6 is 0 Å². The quantitative estimate of drug-likeness (QED) is 0.137. The molecule has 6 heteroatoms. The Hall–Kier alpha value is -0.170. The van der Waals surface area contributed by atoms with Gasteiger partial charge in [0.05, 0.1) is 25.7 Å². The molecule has 0 saturated heterocycles. The number of hydrogen-bond donors (Lipinski definition) is 1. The molecule has 0 radical (unpaired) electrons. The summed E-state index contributed by atoms with van der Waals surface area (Å²) in [6.45, 7) is 9.55. The Morgan fingerprint density at radius 1 is 0.688 bits per heavy atom. The van der Waals surface area contributed by atoms with Crippen LogP contribution in [0.3, 0.4) is 0 Å². The molecule has 1 N–H and O–H groups in total. The highest BCUT2D eigenvalue weighted by Gasteiger charge is 2.21. The highest BCUT2D eigenvalue weighted by Crippen LogP contribution is 2.15. The van der Waals surface area contributed by atoms with Gasteiger partial charge in [-0.2, -0.15) is 0 Å². The van der Waals surface area contributed by atoms with Gasteiger partial charge < -0.3 is 9.45 Å². The van der Waals surface area contributed by atoms with Crippen LogP contribution in [0.2, 0.25) is 0 Å². The third-order valence-corrected chi connectivity index (χ3v) is 7.27. The van der Waals surface area contributed by atoms with E-state index >= 15 is 0 Å². The lowest BCUT2D eigenvalue weighted by atomic mass is 9.94. The molecule has 1 saturated carbocycles. The Kier molecular flexibility index (Phi) is 22.5.